The molecule has 1 aromatic heterocycles. The van der Waals surface area contributed by atoms with E-state index in [-0.39, 0.29) is 18.2 Å². The second kappa shape index (κ2) is 4.91. The number of ketones is 1. The summed E-state index contributed by atoms with van der Waals surface area (Å²) in [6.45, 7) is 3.57. The van der Waals surface area contributed by atoms with Crippen molar-refractivity contribution in [1.29, 1.82) is 0 Å². The Labute approximate surface area is 87.1 Å². The average Bonchev–Trinajstić information content (AvgIpc) is 2.61. The first-order valence-electron chi connectivity index (χ1n) is 4.49. The molecule has 3 nitrogen and oxygen atoms in total. The molecule has 76 valence electrons. The summed E-state index contributed by atoms with van der Waals surface area (Å²) in [4.78, 5) is 22.9. The van der Waals surface area contributed by atoms with Crippen molar-refractivity contribution in [3.05, 3.63) is 21.9 Å². The predicted molar refractivity (Wildman–Crippen MR) is 56.7 cm³/mol. The van der Waals surface area contributed by atoms with Gasteiger partial charge in [-0.3, -0.25) is 9.59 Å². The zero-order valence-electron chi connectivity index (χ0n) is 8.29. The van der Waals surface area contributed by atoms with Crippen LogP contribution in [-0.2, 0) is 11.2 Å². The number of nitrogens with one attached hydrogen (secondary N) is 1. The molecule has 0 radical (unpaired) electrons. The Morgan fingerprint density at radius 2 is 2.21 bits per heavy atom. The molecule has 1 rings (SSSR count). The Bertz CT molecular complexity index is 344. The number of hydrogen-bond donors (Lipinski definition) is 1. The Morgan fingerprint density at radius 3 is 2.79 bits per heavy atom. The maximum absolute atomic E-state index is 11.5. The minimum absolute atomic E-state index is 0.0343. The summed E-state index contributed by atoms with van der Waals surface area (Å²) in [6, 6.07) is 1.94. The molecule has 1 heterocycles. The third kappa shape index (κ3) is 2.67. The summed E-state index contributed by atoms with van der Waals surface area (Å²) in [7, 11) is 0. The Balaban J connectivity index is 2.64. The van der Waals surface area contributed by atoms with Gasteiger partial charge in [0.15, 0.2) is 0 Å². The summed E-state index contributed by atoms with van der Waals surface area (Å²) in [5.74, 6) is -0.181. The number of hydrogen-bond acceptors (Lipinski definition) is 3. The lowest BCUT2D eigenvalue weighted by molar-refractivity contribution is -0.116. The SMILES string of the molecule is CCc1ccsc1C(=O)NCC(C)=O. The van der Waals surface area contributed by atoms with Crippen LogP contribution in [0.1, 0.15) is 29.1 Å². The molecule has 4 heteroatoms. The molecule has 1 aromatic rings. The Hall–Kier alpha value is -1.16. The van der Waals surface area contributed by atoms with Crippen LogP contribution in [0.5, 0.6) is 0 Å². The monoisotopic (exact) mass is 211 g/mol. The quantitative estimate of drug-likeness (QED) is 0.822. The number of Topliss-reactive ketones (excluding diaryl/α,β-unsaturated/α-hetero) is 1. The standard InChI is InChI=1S/C10H13NO2S/c1-3-8-4-5-14-9(8)10(13)11-6-7(2)12/h4-5H,3,6H2,1-2H3,(H,11,13). The number of carbonyl (C=O) groups is 2. The molecule has 0 atom stereocenters. The largest absolute Gasteiger partial charge is 0.344 e. The number of carbonyl (C=O) groups excluding carboxylic acids is 2. The molecule has 0 aliphatic carbocycles. The lowest BCUT2D eigenvalue weighted by atomic mass is 10.2. The van der Waals surface area contributed by atoms with Crippen molar-refractivity contribution in [3.63, 3.8) is 0 Å². The van der Waals surface area contributed by atoms with Gasteiger partial charge in [-0.05, 0) is 30.4 Å². The third-order valence-corrected chi connectivity index (χ3v) is 2.79. The Kier molecular flexibility index (Phi) is 3.83. The second-order valence-electron chi connectivity index (χ2n) is 3.01. The summed E-state index contributed by atoms with van der Waals surface area (Å²) in [5.41, 5.74) is 1.04. The fourth-order valence-electron chi connectivity index (χ4n) is 1.10. The van der Waals surface area contributed by atoms with E-state index in [0.717, 1.165) is 12.0 Å². The van der Waals surface area contributed by atoms with E-state index in [4.69, 9.17) is 0 Å². The summed E-state index contributed by atoms with van der Waals surface area (Å²) >= 11 is 1.41. The average molecular weight is 211 g/mol. The second-order valence-corrected chi connectivity index (χ2v) is 3.93. The van der Waals surface area contributed by atoms with Crippen molar-refractivity contribution in [1.82, 2.24) is 5.32 Å². The highest BCUT2D eigenvalue weighted by Gasteiger charge is 2.11. The topological polar surface area (TPSA) is 46.2 Å². The first-order chi connectivity index (χ1) is 6.65. The van der Waals surface area contributed by atoms with Crippen molar-refractivity contribution < 1.29 is 9.59 Å². The van der Waals surface area contributed by atoms with Gasteiger partial charge in [-0.1, -0.05) is 6.92 Å². The molecular weight excluding hydrogens is 198 g/mol. The minimum atomic E-state index is -0.146. The first kappa shape index (κ1) is 10.9. The fourth-order valence-corrected chi connectivity index (χ4v) is 2.01. The van der Waals surface area contributed by atoms with Crippen LogP contribution in [-0.4, -0.2) is 18.2 Å². The molecule has 0 saturated carbocycles. The van der Waals surface area contributed by atoms with Crippen LogP contribution >= 0.6 is 11.3 Å². The lowest BCUT2D eigenvalue weighted by Crippen LogP contribution is -2.28. The molecule has 0 aliphatic heterocycles. The third-order valence-electron chi connectivity index (χ3n) is 1.83. The van der Waals surface area contributed by atoms with Crippen LogP contribution in [0, 0.1) is 0 Å². The van der Waals surface area contributed by atoms with Gasteiger partial charge in [0.1, 0.15) is 5.78 Å². The zero-order valence-corrected chi connectivity index (χ0v) is 9.11. The van der Waals surface area contributed by atoms with Crippen LogP contribution in [0.4, 0.5) is 0 Å². The van der Waals surface area contributed by atoms with Gasteiger partial charge in [-0.15, -0.1) is 11.3 Å². The van der Waals surface area contributed by atoms with Crippen molar-refractivity contribution in [2.45, 2.75) is 20.3 Å². The van der Waals surface area contributed by atoms with E-state index >= 15 is 0 Å². The van der Waals surface area contributed by atoms with E-state index in [1.807, 2.05) is 18.4 Å². The fraction of sp³-hybridized carbons (Fsp3) is 0.400. The van der Waals surface area contributed by atoms with Crippen LogP contribution in [0.25, 0.3) is 0 Å². The number of aryl methyl sites for hydroxylation is 1. The van der Waals surface area contributed by atoms with E-state index in [0.29, 0.717) is 4.88 Å². The lowest BCUT2D eigenvalue weighted by Gasteiger charge is -2.02. The van der Waals surface area contributed by atoms with Crippen molar-refractivity contribution in [2.24, 2.45) is 0 Å². The van der Waals surface area contributed by atoms with Crippen molar-refractivity contribution in [2.75, 3.05) is 6.54 Å². The van der Waals surface area contributed by atoms with Gasteiger partial charge < -0.3 is 5.32 Å². The van der Waals surface area contributed by atoms with Gasteiger partial charge in [0.05, 0.1) is 11.4 Å². The smallest absolute Gasteiger partial charge is 0.261 e. The minimum Gasteiger partial charge on any atom is -0.344 e. The summed E-state index contributed by atoms with van der Waals surface area (Å²) in [6.07, 6.45) is 0.840. The first-order valence-corrected chi connectivity index (χ1v) is 5.37. The van der Waals surface area contributed by atoms with Gasteiger partial charge in [0, 0.05) is 0 Å². The highest BCUT2D eigenvalue weighted by atomic mass is 32.1. The highest BCUT2D eigenvalue weighted by Crippen LogP contribution is 2.16. The van der Waals surface area contributed by atoms with Crippen LogP contribution in [0.2, 0.25) is 0 Å². The predicted octanol–water partition coefficient (Wildman–Crippen LogP) is 1.63. The molecule has 0 bridgehead atoms. The number of rotatable bonds is 4. The van der Waals surface area contributed by atoms with E-state index < -0.39 is 0 Å². The van der Waals surface area contributed by atoms with Crippen LogP contribution in [0.15, 0.2) is 11.4 Å². The number of amides is 1. The Morgan fingerprint density at radius 1 is 1.50 bits per heavy atom. The van der Waals surface area contributed by atoms with Crippen LogP contribution < -0.4 is 5.32 Å². The summed E-state index contributed by atoms with van der Waals surface area (Å²) < 4.78 is 0. The van der Waals surface area contributed by atoms with Gasteiger partial charge in [-0.25, -0.2) is 0 Å². The van der Waals surface area contributed by atoms with E-state index in [2.05, 4.69) is 5.32 Å². The van der Waals surface area contributed by atoms with Crippen molar-refractivity contribution >= 4 is 23.0 Å². The molecule has 14 heavy (non-hydrogen) atoms. The molecular formula is C10H13NO2S. The highest BCUT2D eigenvalue weighted by molar-refractivity contribution is 7.12. The molecule has 0 unspecified atom stereocenters. The molecule has 1 N–H and O–H groups in total. The van der Waals surface area contributed by atoms with E-state index in [1.54, 1.807) is 0 Å². The zero-order chi connectivity index (χ0) is 10.6. The molecule has 0 fully saturated rings. The van der Waals surface area contributed by atoms with E-state index in [1.165, 1.54) is 18.3 Å². The molecule has 0 spiro atoms. The maximum atomic E-state index is 11.5. The van der Waals surface area contributed by atoms with E-state index in [9.17, 15) is 9.59 Å². The van der Waals surface area contributed by atoms with Crippen molar-refractivity contribution in [3.8, 4) is 0 Å². The van der Waals surface area contributed by atoms with Crippen LogP contribution in [0.3, 0.4) is 0 Å². The van der Waals surface area contributed by atoms with Gasteiger partial charge >= 0.3 is 0 Å². The van der Waals surface area contributed by atoms with Gasteiger partial charge in [0.2, 0.25) is 0 Å². The normalized spacial score (nSPS) is 9.86. The number of thiophene rings is 1. The molecule has 0 aromatic carbocycles. The molecule has 1 amide bonds. The molecule has 0 saturated heterocycles. The summed E-state index contributed by atoms with van der Waals surface area (Å²) in [5, 5.41) is 4.47. The maximum Gasteiger partial charge on any atom is 0.261 e. The van der Waals surface area contributed by atoms with Gasteiger partial charge in [-0.2, -0.15) is 0 Å². The van der Waals surface area contributed by atoms with Gasteiger partial charge in [0.25, 0.3) is 5.91 Å². The molecule has 0 aliphatic rings.